The van der Waals surface area contributed by atoms with Crippen molar-refractivity contribution in [3.63, 3.8) is 0 Å². The van der Waals surface area contributed by atoms with Gasteiger partial charge < -0.3 is 4.57 Å². The molecule has 0 N–H and O–H groups in total. The maximum absolute atomic E-state index is 9.22. The first-order chi connectivity index (χ1) is 10.3. The molecule has 0 radical (unpaired) electrons. The van der Waals surface area contributed by atoms with E-state index < -0.39 is 0 Å². The number of nitrogens with zero attached hydrogens (tertiary/aromatic N) is 4. The van der Waals surface area contributed by atoms with Crippen LogP contribution in [0.5, 0.6) is 0 Å². The van der Waals surface area contributed by atoms with Crippen molar-refractivity contribution in [1.82, 2.24) is 9.55 Å². The van der Waals surface area contributed by atoms with E-state index in [1.165, 1.54) is 5.56 Å². The van der Waals surface area contributed by atoms with Crippen molar-refractivity contribution < 1.29 is 0 Å². The molecule has 0 aliphatic carbocycles. The Balaban J connectivity index is 1.96. The second kappa shape index (κ2) is 5.48. The van der Waals surface area contributed by atoms with Gasteiger partial charge in [-0.15, -0.1) is 0 Å². The summed E-state index contributed by atoms with van der Waals surface area (Å²) in [6, 6.07) is 16.1. The van der Waals surface area contributed by atoms with Crippen LogP contribution in [0.4, 0.5) is 0 Å². The molecule has 0 bridgehead atoms. The average molecular weight is 272 g/mol. The molecule has 0 unspecified atom stereocenters. The molecule has 0 saturated carbocycles. The van der Waals surface area contributed by atoms with E-state index in [2.05, 4.69) is 29.3 Å². The molecule has 0 aliphatic rings. The van der Waals surface area contributed by atoms with Gasteiger partial charge in [0.25, 0.3) is 0 Å². The van der Waals surface area contributed by atoms with Gasteiger partial charge in [-0.25, -0.2) is 4.98 Å². The van der Waals surface area contributed by atoms with Gasteiger partial charge in [0.1, 0.15) is 17.8 Å². The Bertz CT molecular complexity index is 863. The van der Waals surface area contributed by atoms with Gasteiger partial charge >= 0.3 is 0 Å². The van der Waals surface area contributed by atoms with Crippen LogP contribution in [-0.4, -0.2) is 9.55 Å². The smallest absolute Gasteiger partial charge is 0.141 e. The van der Waals surface area contributed by atoms with E-state index in [4.69, 9.17) is 5.26 Å². The largest absolute Gasteiger partial charge is 0.331 e. The lowest BCUT2D eigenvalue weighted by Crippen LogP contribution is -2.00. The standard InChI is InChI=1S/C17H12N4/c18-9-14-8-16-15(10-19)12-21(17(16)20-11-14)7-6-13-4-2-1-3-5-13/h1-5,8,11-12H,6-7H2. The van der Waals surface area contributed by atoms with E-state index in [0.29, 0.717) is 11.1 Å². The van der Waals surface area contributed by atoms with Crippen molar-refractivity contribution in [3.8, 4) is 12.1 Å². The van der Waals surface area contributed by atoms with Gasteiger partial charge in [-0.3, -0.25) is 0 Å². The predicted octanol–water partition coefficient (Wildman–Crippen LogP) is 3.02. The van der Waals surface area contributed by atoms with Gasteiger partial charge in [0, 0.05) is 24.3 Å². The lowest BCUT2D eigenvalue weighted by Gasteiger charge is -2.04. The molecular formula is C17H12N4. The first-order valence-corrected chi connectivity index (χ1v) is 6.65. The summed E-state index contributed by atoms with van der Waals surface area (Å²) in [6.45, 7) is 0.751. The third-order valence-electron chi connectivity index (χ3n) is 3.45. The van der Waals surface area contributed by atoms with Crippen LogP contribution < -0.4 is 0 Å². The molecule has 3 aromatic rings. The Hall–Kier alpha value is -3.11. The van der Waals surface area contributed by atoms with Crippen LogP contribution in [0.2, 0.25) is 0 Å². The molecule has 4 heteroatoms. The molecule has 2 aromatic heterocycles. The summed E-state index contributed by atoms with van der Waals surface area (Å²) in [5.74, 6) is 0. The molecular weight excluding hydrogens is 260 g/mol. The quantitative estimate of drug-likeness (QED) is 0.736. The zero-order valence-corrected chi connectivity index (χ0v) is 11.3. The van der Waals surface area contributed by atoms with E-state index >= 15 is 0 Å². The van der Waals surface area contributed by atoms with Crippen LogP contribution in [0.1, 0.15) is 16.7 Å². The highest BCUT2D eigenvalue weighted by molar-refractivity contribution is 5.84. The molecule has 0 aliphatic heterocycles. The minimum absolute atomic E-state index is 0.472. The molecule has 2 heterocycles. The zero-order chi connectivity index (χ0) is 14.7. The summed E-state index contributed by atoms with van der Waals surface area (Å²) >= 11 is 0. The highest BCUT2D eigenvalue weighted by Gasteiger charge is 2.10. The highest BCUT2D eigenvalue weighted by atomic mass is 15.0. The fraction of sp³-hybridized carbons (Fsp3) is 0.118. The SMILES string of the molecule is N#Cc1cnc2c(c1)c(C#N)cn2CCc1ccccc1. The van der Waals surface area contributed by atoms with Crippen LogP contribution in [0.25, 0.3) is 11.0 Å². The van der Waals surface area contributed by atoms with Crippen LogP contribution in [0.3, 0.4) is 0 Å². The van der Waals surface area contributed by atoms with Crippen LogP contribution in [0, 0.1) is 22.7 Å². The lowest BCUT2D eigenvalue weighted by molar-refractivity contribution is 0.715. The molecule has 3 rings (SSSR count). The fourth-order valence-electron chi connectivity index (χ4n) is 2.39. The van der Waals surface area contributed by atoms with Gasteiger partial charge in [-0.2, -0.15) is 10.5 Å². The Morgan fingerprint density at radius 3 is 2.62 bits per heavy atom. The van der Waals surface area contributed by atoms with E-state index in [0.717, 1.165) is 24.0 Å². The number of fused-ring (bicyclic) bond motifs is 1. The molecule has 0 atom stereocenters. The van der Waals surface area contributed by atoms with Crippen molar-refractivity contribution in [1.29, 1.82) is 10.5 Å². The van der Waals surface area contributed by atoms with Gasteiger partial charge in [0.15, 0.2) is 0 Å². The number of aromatic nitrogens is 2. The fourth-order valence-corrected chi connectivity index (χ4v) is 2.39. The normalized spacial score (nSPS) is 10.2. The summed E-state index contributed by atoms with van der Waals surface area (Å²) in [5.41, 5.74) is 3.02. The molecule has 0 saturated heterocycles. The first-order valence-electron chi connectivity index (χ1n) is 6.65. The predicted molar refractivity (Wildman–Crippen MR) is 79.3 cm³/mol. The van der Waals surface area contributed by atoms with Crippen LogP contribution >= 0.6 is 0 Å². The van der Waals surface area contributed by atoms with E-state index in [1.807, 2.05) is 29.0 Å². The van der Waals surface area contributed by atoms with Crippen molar-refractivity contribution in [3.05, 3.63) is 65.5 Å². The molecule has 0 spiro atoms. The molecule has 0 amide bonds. The monoisotopic (exact) mass is 272 g/mol. The maximum Gasteiger partial charge on any atom is 0.141 e. The molecule has 100 valence electrons. The molecule has 21 heavy (non-hydrogen) atoms. The zero-order valence-electron chi connectivity index (χ0n) is 11.3. The van der Waals surface area contributed by atoms with Crippen molar-refractivity contribution in [2.75, 3.05) is 0 Å². The van der Waals surface area contributed by atoms with Gasteiger partial charge in [-0.1, -0.05) is 30.3 Å². The average Bonchev–Trinajstić information content (AvgIpc) is 2.91. The number of hydrogen-bond donors (Lipinski definition) is 0. The summed E-state index contributed by atoms with van der Waals surface area (Å²) in [7, 11) is 0. The first kappa shape index (κ1) is 12.9. The highest BCUT2D eigenvalue weighted by Crippen LogP contribution is 2.20. The van der Waals surface area contributed by atoms with Crippen LogP contribution in [0.15, 0.2) is 48.8 Å². The lowest BCUT2D eigenvalue weighted by atomic mass is 10.1. The summed E-state index contributed by atoms with van der Waals surface area (Å²) < 4.78 is 1.97. The maximum atomic E-state index is 9.22. The second-order valence-corrected chi connectivity index (χ2v) is 4.79. The van der Waals surface area contributed by atoms with E-state index in [-0.39, 0.29) is 0 Å². The number of nitriles is 2. The summed E-state index contributed by atoms with van der Waals surface area (Å²) in [5, 5.41) is 18.9. The molecule has 1 aromatic carbocycles. The minimum atomic E-state index is 0.472. The Kier molecular flexibility index (Phi) is 3.37. The summed E-state index contributed by atoms with van der Waals surface area (Å²) in [4.78, 5) is 4.32. The Morgan fingerprint density at radius 2 is 1.90 bits per heavy atom. The van der Waals surface area contributed by atoms with Crippen molar-refractivity contribution in [2.24, 2.45) is 0 Å². The number of aryl methyl sites for hydroxylation is 2. The van der Waals surface area contributed by atoms with Gasteiger partial charge in [0.2, 0.25) is 0 Å². The number of pyridine rings is 1. The Labute approximate surface area is 122 Å². The van der Waals surface area contributed by atoms with Gasteiger partial charge in [-0.05, 0) is 18.1 Å². The minimum Gasteiger partial charge on any atom is -0.331 e. The molecule has 4 nitrogen and oxygen atoms in total. The van der Waals surface area contributed by atoms with Crippen molar-refractivity contribution >= 4 is 11.0 Å². The number of rotatable bonds is 3. The second-order valence-electron chi connectivity index (χ2n) is 4.79. The Morgan fingerprint density at radius 1 is 1.10 bits per heavy atom. The third-order valence-corrected chi connectivity index (χ3v) is 3.45. The van der Waals surface area contributed by atoms with E-state index in [1.54, 1.807) is 12.3 Å². The van der Waals surface area contributed by atoms with Crippen molar-refractivity contribution in [2.45, 2.75) is 13.0 Å². The molecule has 0 fully saturated rings. The van der Waals surface area contributed by atoms with E-state index in [9.17, 15) is 5.26 Å². The topological polar surface area (TPSA) is 65.4 Å². The third kappa shape index (κ3) is 2.48. The number of hydrogen-bond acceptors (Lipinski definition) is 3. The van der Waals surface area contributed by atoms with Crippen LogP contribution in [-0.2, 0) is 13.0 Å². The summed E-state index contributed by atoms with van der Waals surface area (Å²) in [6.07, 6.45) is 4.22. The van der Waals surface area contributed by atoms with Gasteiger partial charge in [0.05, 0.1) is 11.1 Å². The number of benzene rings is 1.